The Morgan fingerprint density at radius 3 is 2.48 bits per heavy atom. The maximum absolute atomic E-state index is 13.5. The molecule has 3 N–H and O–H groups in total. The minimum Gasteiger partial charge on any atom is -0.365 e. The van der Waals surface area contributed by atoms with Crippen molar-refractivity contribution in [1.82, 2.24) is 14.8 Å². The lowest BCUT2D eigenvalue weighted by atomic mass is 10.0. The van der Waals surface area contributed by atoms with Gasteiger partial charge in [-0.1, -0.05) is 12.1 Å². The van der Waals surface area contributed by atoms with E-state index in [1.165, 1.54) is 23.0 Å². The number of halogens is 5. The number of benzene rings is 1. The van der Waals surface area contributed by atoms with Gasteiger partial charge in [-0.25, -0.2) is 9.37 Å². The molecule has 0 unspecified atom stereocenters. The summed E-state index contributed by atoms with van der Waals surface area (Å²) < 4.78 is 55.9. The number of fused-ring (bicyclic) bond motifs is 1. The average Bonchev–Trinajstić information content (AvgIpc) is 3.30. The van der Waals surface area contributed by atoms with E-state index in [9.17, 15) is 27.2 Å². The van der Waals surface area contributed by atoms with Gasteiger partial charge in [0, 0.05) is 11.6 Å². The van der Waals surface area contributed by atoms with Crippen LogP contribution in [0, 0.1) is 5.82 Å². The highest BCUT2D eigenvalue weighted by Crippen LogP contribution is 2.43. The molecule has 0 aliphatic heterocycles. The molecule has 170 valence electrons. The Labute approximate surface area is 195 Å². The predicted molar refractivity (Wildman–Crippen MR) is 117 cm³/mol. The first-order chi connectivity index (χ1) is 15.5. The minimum atomic E-state index is -4.78. The molecule has 0 atom stereocenters. The van der Waals surface area contributed by atoms with Crippen LogP contribution >= 0.6 is 27.3 Å². The van der Waals surface area contributed by atoms with Crippen LogP contribution in [0.15, 0.2) is 47.2 Å². The Morgan fingerprint density at radius 2 is 1.91 bits per heavy atom. The first-order valence-electron chi connectivity index (χ1n) is 9.11. The molecule has 0 bridgehead atoms. The second kappa shape index (κ2) is 8.56. The summed E-state index contributed by atoms with van der Waals surface area (Å²) in [6, 6.07) is 5.54. The minimum absolute atomic E-state index is 0.00760. The van der Waals surface area contributed by atoms with Crippen molar-refractivity contribution >= 4 is 55.0 Å². The average molecular weight is 542 g/mol. The number of alkyl halides is 3. The molecule has 0 spiro atoms. The zero-order valence-corrected chi connectivity index (χ0v) is 18.7. The van der Waals surface area contributed by atoms with E-state index in [2.05, 4.69) is 31.3 Å². The van der Waals surface area contributed by atoms with E-state index in [1.807, 2.05) is 0 Å². The molecule has 3 heterocycles. The van der Waals surface area contributed by atoms with E-state index < -0.39 is 29.5 Å². The third kappa shape index (κ3) is 4.73. The van der Waals surface area contributed by atoms with Crippen molar-refractivity contribution in [2.75, 3.05) is 5.32 Å². The van der Waals surface area contributed by atoms with Gasteiger partial charge in [-0.2, -0.15) is 18.3 Å². The Balaban J connectivity index is 1.90. The van der Waals surface area contributed by atoms with Crippen LogP contribution in [0.2, 0.25) is 0 Å². The van der Waals surface area contributed by atoms with Crippen LogP contribution in [-0.2, 0) is 17.5 Å². The Kier molecular flexibility index (Phi) is 5.93. The van der Waals surface area contributed by atoms with E-state index >= 15 is 0 Å². The molecule has 0 aliphatic rings. The lowest BCUT2D eigenvalue weighted by Crippen LogP contribution is -2.21. The number of carbonyl (C=O) groups excluding carboxylic acids is 2. The monoisotopic (exact) mass is 541 g/mol. The lowest BCUT2D eigenvalue weighted by Gasteiger charge is -2.12. The van der Waals surface area contributed by atoms with E-state index in [-0.39, 0.29) is 38.5 Å². The molecule has 33 heavy (non-hydrogen) atoms. The van der Waals surface area contributed by atoms with Gasteiger partial charge < -0.3 is 11.1 Å². The zero-order chi connectivity index (χ0) is 23.9. The van der Waals surface area contributed by atoms with Crippen LogP contribution in [0.4, 0.5) is 23.2 Å². The number of nitrogens with two attached hydrogens (primary N) is 1. The van der Waals surface area contributed by atoms with Crippen LogP contribution in [0.1, 0.15) is 15.4 Å². The number of nitrogens with zero attached hydrogens (tertiary/aromatic N) is 3. The maximum Gasteiger partial charge on any atom is 0.433 e. The fourth-order valence-corrected chi connectivity index (χ4v) is 4.48. The standard InChI is InChI=1S/C20H12BrF4N5O2S/c21-10-6-27-30(7-10)8-14(31)29-16-15-12(9-1-3-11(22)4-2-9)5-13(20(23,24)25)28-19(15)33-17(16)18(26)32/h1-7H,8H2,(H2,26,32)(H,29,31). The Hall–Kier alpha value is -3.32. The van der Waals surface area contributed by atoms with Crippen molar-refractivity contribution in [2.24, 2.45) is 5.73 Å². The molecule has 4 aromatic rings. The van der Waals surface area contributed by atoms with Gasteiger partial charge in [-0.15, -0.1) is 11.3 Å². The number of hydrogen-bond acceptors (Lipinski definition) is 5. The first-order valence-corrected chi connectivity index (χ1v) is 10.7. The van der Waals surface area contributed by atoms with E-state index in [1.54, 1.807) is 6.20 Å². The van der Waals surface area contributed by atoms with E-state index in [0.717, 1.165) is 18.2 Å². The number of nitrogens with one attached hydrogen (secondary N) is 1. The van der Waals surface area contributed by atoms with Gasteiger partial charge in [0.25, 0.3) is 5.91 Å². The second-order valence-electron chi connectivity index (χ2n) is 6.81. The Morgan fingerprint density at radius 1 is 1.21 bits per heavy atom. The number of hydrogen-bond donors (Lipinski definition) is 2. The molecule has 3 aromatic heterocycles. The van der Waals surface area contributed by atoms with Gasteiger partial charge in [-0.05, 0) is 45.3 Å². The second-order valence-corrected chi connectivity index (χ2v) is 8.73. The number of primary amides is 1. The van der Waals surface area contributed by atoms with Gasteiger partial charge in [0.15, 0.2) is 0 Å². The van der Waals surface area contributed by atoms with Crippen molar-refractivity contribution in [3.05, 3.63) is 63.6 Å². The molecular weight excluding hydrogens is 530 g/mol. The fourth-order valence-electron chi connectivity index (χ4n) is 3.14. The summed E-state index contributed by atoms with van der Waals surface area (Å²) in [6.07, 6.45) is -1.77. The van der Waals surface area contributed by atoms with Gasteiger partial charge in [0.05, 0.1) is 16.4 Å². The summed E-state index contributed by atoms with van der Waals surface area (Å²) in [5, 5.41) is 6.60. The van der Waals surface area contributed by atoms with E-state index in [0.29, 0.717) is 15.8 Å². The smallest absolute Gasteiger partial charge is 0.365 e. The summed E-state index contributed by atoms with van der Waals surface area (Å²) in [6.45, 7) is -0.235. The lowest BCUT2D eigenvalue weighted by molar-refractivity contribution is -0.140. The molecule has 0 saturated heterocycles. The molecular formula is C20H12BrF4N5O2S. The van der Waals surface area contributed by atoms with Crippen molar-refractivity contribution < 1.29 is 27.2 Å². The molecule has 2 amide bonds. The number of amides is 2. The first kappa shape index (κ1) is 22.9. The van der Waals surface area contributed by atoms with Crippen LogP contribution in [-0.4, -0.2) is 26.6 Å². The quantitative estimate of drug-likeness (QED) is 0.353. The molecule has 0 saturated carbocycles. The number of thiophene rings is 1. The van der Waals surface area contributed by atoms with Gasteiger partial charge in [0.1, 0.15) is 27.8 Å². The molecule has 7 nitrogen and oxygen atoms in total. The SMILES string of the molecule is NC(=O)c1sc2nc(C(F)(F)F)cc(-c3ccc(F)cc3)c2c1NC(=O)Cn1cc(Br)cn1. The number of aromatic nitrogens is 3. The molecule has 13 heteroatoms. The largest absolute Gasteiger partial charge is 0.433 e. The summed E-state index contributed by atoms with van der Waals surface area (Å²) in [5.74, 6) is -2.13. The van der Waals surface area contributed by atoms with Crippen molar-refractivity contribution in [2.45, 2.75) is 12.7 Å². The van der Waals surface area contributed by atoms with Gasteiger partial charge >= 0.3 is 6.18 Å². The van der Waals surface area contributed by atoms with Crippen LogP contribution < -0.4 is 11.1 Å². The highest BCUT2D eigenvalue weighted by atomic mass is 79.9. The highest BCUT2D eigenvalue weighted by Gasteiger charge is 2.35. The maximum atomic E-state index is 13.5. The van der Waals surface area contributed by atoms with Crippen LogP contribution in [0.25, 0.3) is 21.3 Å². The molecule has 0 aliphatic carbocycles. The summed E-state index contributed by atoms with van der Waals surface area (Å²) in [7, 11) is 0. The van der Waals surface area contributed by atoms with Gasteiger partial charge in [0.2, 0.25) is 5.91 Å². The highest BCUT2D eigenvalue weighted by molar-refractivity contribution is 9.10. The third-order valence-corrected chi connectivity index (χ3v) is 6.01. The van der Waals surface area contributed by atoms with Crippen LogP contribution in [0.5, 0.6) is 0 Å². The molecule has 0 radical (unpaired) electrons. The van der Waals surface area contributed by atoms with Crippen LogP contribution in [0.3, 0.4) is 0 Å². The number of carbonyl (C=O) groups is 2. The topological polar surface area (TPSA) is 103 Å². The molecule has 1 aromatic carbocycles. The van der Waals surface area contributed by atoms with E-state index in [4.69, 9.17) is 5.73 Å². The summed E-state index contributed by atoms with van der Waals surface area (Å²) in [4.78, 5) is 28.0. The third-order valence-electron chi connectivity index (χ3n) is 4.50. The Bertz CT molecular complexity index is 1380. The fraction of sp³-hybridized carbons (Fsp3) is 0.100. The normalized spacial score (nSPS) is 11.7. The summed E-state index contributed by atoms with van der Waals surface area (Å²) in [5.41, 5.74) is 4.41. The summed E-state index contributed by atoms with van der Waals surface area (Å²) >= 11 is 3.83. The van der Waals surface area contributed by atoms with Crippen molar-refractivity contribution in [3.8, 4) is 11.1 Å². The van der Waals surface area contributed by atoms with Gasteiger partial charge in [-0.3, -0.25) is 14.3 Å². The number of rotatable bonds is 5. The molecule has 0 fully saturated rings. The van der Waals surface area contributed by atoms with Crippen molar-refractivity contribution in [1.29, 1.82) is 0 Å². The predicted octanol–water partition coefficient (Wildman–Crippen LogP) is 4.82. The number of anilines is 1. The molecule has 4 rings (SSSR count). The number of pyridine rings is 1. The van der Waals surface area contributed by atoms with Crippen molar-refractivity contribution in [3.63, 3.8) is 0 Å². The zero-order valence-electron chi connectivity index (χ0n) is 16.3.